The molecule has 1 saturated heterocycles. The molecule has 7 heteroatoms. The molecule has 2 rings (SSSR count). The van der Waals surface area contributed by atoms with E-state index >= 15 is 0 Å². The Morgan fingerprint density at radius 3 is 2.50 bits per heavy atom. The number of nitrogens with zero attached hydrogens (tertiary/aromatic N) is 1. The Labute approximate surface area is 132 Å². The Kier molecular flexibility index (Phi) is 4.79. The lowest BCUT2D eigenvalue weighted by molar-refractivity contribution is 0.367. The fraction of sp³-hybridized carbons (Fsp3) is 0.467. The van der Waals surface area contributed by atoms with Crippen LogP contribution in [-0.4, -0.2) is 45.2 Å². The van der Waals surface area contributed by atoms with Crippen LogP contribution in [0.25, 0.3) is 0 Å². The summed E-state index contributed by atoms with van der Waals surface area (Å²) in [5.41, 5.74) is 1.90. The molecule has 1 aliphatic heterocycles. The number of sulfonamides is 1. The van der Waals surface area contributed by atoms with Crippen molar-refractivity contribution in [2.45, 2.75) is 31.2 Å². The molecule has 0 N–H and O–H groups in total. The summed E-state index contributed by atoms with van der Waals surface area (Å²) in [6, 6.07) is 4.44. The summed E-state index contributed by atoms with van der Waals surface area (Å²) >= 11 is 0. The summed E-state index contributed by atoms with van der Waals surface area (Å²) in [4.78, 5) is 0.196. The SMILES string of the molecule is C=CCN([C@H]1CCS(=O)(=O)C1)S(=O)(=O)c1ccc(C)c(C)c1. The molecule has 1 heterocycles. The van der Waals surface area contributed by atoms with Gasteiger partial charge in [0.15, 0.2) is 9.84 Å². The van der Waals surface area contributed by atoms with Crippen molar-refractivity contribution in [3.63, 3.8) is 0 Å². The molecule has 0 radical (unpaired) electrons. The van der Waals surface area contributed by atoms with Gasteiger partial charge >= 0.3 is 0 Å². The van der Waals surface area contributed by atoms with Gasteiger partial charge in [-0.25, -0.2) is 16.8 Å². The predicted octanol–water partition coefficient (Wildman–Crippen LogP) is 1.67. The van der Waals surface area contributed by atoms with Crippen LogP contribution in [-0.2, 0) is 19.9 Å². The molecule has 0 saturated carbocycles. The van der Waals surface area contributed by atoms with Crippen LogP contribution in [0, 0.1) is 13.8 Å². The molecule has 1 aromatic rings. The van der Waals surface area contributed by atoms with Crippen molar-refractivity contribution in [3.05, 3.63) is 42.0 Å². The maximum absolute atomic E-state index is 12.9. The quantitative estimate of drug-likeness (QED) is 0.763. The van der Waals surface area contributed by atoms with Crippen molar-refractivity contribution in [1.29, 1.82) is 0 Å². The van der Waals surface area contributed by atoms with Gasteiger partial charge in [0.1, 0.15) is 0 Å². The first kappa shape index (κ1) is 17.2. The summed E-state index contributed by atoms with van der Waals surface area (Å²) in [5.74, 6) is -0.0847. The maximum atomic E-state index is 12.9. The number of hydrogen-bond acceptors (Lipinski definition) is 4. The van der Waals surface area contributed by atoms with E-state index in [9.17, 15) is 16.8 Å². The third kappa shape index (κ3) is 3.42. The first-order chi connectivity index (χ1) is 10.2. The molecule has 122 valence electrons. The number of rotatable bonds is 5. The third-order valence-electron chi connectivity index (χ3n) is 4.01. The van der Waals surface area contributed by atoms with Gasteiger partial charge in [-0.15, -0.1) is 6.58 Å². The molecular formula is C15H21NO4S2. The van der Waals surface area contributed by atoms with Gasteiger partial charge in [0.25, 0.3) is 0 Å². The van der Waals surface area contributed by atoms with E-state index in [1.807, 2.05) is 13.8 Å². The summed E-state index contributed by atoms with van der Waals surface area (Å²) < 4.78 is 50.3. The zero-order valence-electron chi connectivity index (χ0n) is 12.8. The lowest BCUT2D eigenvalue weighted by Crippen LogP contribution is -2.41. The number of sulfone groups is 1. The second-order valence-corrected chi connectivity index (χ2v) is 9.79. The van der Waals surface area contributed by atoms with Crippen molar-refractivity contribution in [1.82, 2.24) is 4.31 Å². The van der Waals surface area contributed by atoms with Crippen LogP contribution in [0.1, 0.15) is 17.5 Å². The molecule has 1 aliphatic rings. The van der Waals surface area contributed by atoms with Gasteiger partial charge in [-0.3, -0.25) is 0 Å². The normalized spacial score (nSPS) is 21.1. The second-order valence-electron chi connectivity index (χ2n) is 5.67. The van der Waals surface area contributed by atoms with Crippen molar-refractivity contribution < 1.29 is 16.8 Å². The highest BCUT2D eigenvalue weighted by Crippen LogP contribution is 2.26. The largest absolute Gasteiger partial charge is 0.243 e. The third-order valence-corrected chi connectivity index (χ3v) is 7.67. The lowest BCUT2D eigenvalue weighted by Gasteiger charge is -2.26. The second kappa shape index (κ2) is 6.14. The molecule has 0 spiro atoms. The zero-order chi connectivity index (χ0) is 16.5. The van der Waals surface area contributed by atoms with Crippen LogP contribution in [0.2, 0.25) is 0 Å². The van der Waals surface area contributed by atoms with Gasteiger partial charge < -0.3 is 0 Å². The molecule has 1 atom stereocenters. The number of benzene rings is 1. The van der Waals surface area contributed by atoms with Gasteiger partial charge in [-0.05, 0) is 43.5 Å². The Hall–Kier alpha value is -1.18. The minimum absolute atomic E-state index is 0.0355. The minimum Gasteiger partial charge on any atom is -0.229 e. The molecule has 0 amide bonds. The maximum Gasteiger partial charge on any atom is 0.243 e. The standard InChI is InChI=1S/C15H21NO4S2/c1-4-8-16(14-7-9-21(17,18)11-14)22(19,20)15-6-5-12(2)13(3)10-15/h4-6,10,14H,1,7-9,11H2,2-3H3/t14-/m0/s1. The summed E-state index contributed by atoms with van der Waals surface area (Å²) in [5, 5.41) is 0. The van der Waals surface area contributed by atoms with Crippen LogP contribution in [0.15, 0.2) is 35.7 Å². The van der Waals surface area contributed by atoms with Crippen LogP contribution in [0.4, 0.5) is 0 Å². The fourth-order valence-electron chi connectivity index (χ4n) is 2.58. The Balaban J connectivity index is 2.42. The molecule has 0 aromatic heterocycles. The minimum atomic E-state index is -3.74. The zero-order valence-corrected chi connectivity index (χ0v) is 14.5. The molecular weight excluding hydrogens is 322 g/mol. The van der Waals surface area contributed by atoms with Gasteiger partial charge in [0.2, 0.25) is 10.0 Å². The van der Waals surface area contributed by atoms with Crippen molar-refractivity contribution >= 4 is 19.9 Å². The van der Waals surface area contributed by atoms with E-state index in [2.05, 4.69) is 6.58 Å². The molecule has 5 nitrogen and oxygen atoms in total. The summed E-state index contributed by atoms with van der Waals surface area (Å²) in [7, 11) is -6.90. The van der Waals surface area contributed by atoms with Crippen molar-refractivity contribution in [2.24, 2.45) is 0 Å². The van der Waals surface area contributed by atoms with E-state index in [1.165, 1.54) is 10.4 Å². The van der Waals surface area contributed by atoms with Gasteiger partial charge in [0, 0.05) is 12.6 Å². The first-order valence-corrected chi connectivity index (χ1v) is 10.3. The van der Waals surface area contributed by atoms with Gasteiger partial charge in [-0.2, -0.15) is 4.31 Å². The van der Waals surface area contributed by atoms with E-state index in [0.29, 0.717) is 6.42 Å². The van der Waals surface area contributed by atoms with E-state index in [1.54, 1.807) is 18.2 Å². The molecule has 22 heavy (non-hydrogen) atoms. The molecule has 1 fully saturated rings. The highest BCUT2D eigenvalue weighted by molar-refractivity contribution is 7.92. The smallest absolute Gasteiger partial charge is 0.229 e. The number of hydrogen-bond donors (Lipinski definition) is 0. The van der Waals surface area contributed by atoms with Crippen LogP contribution < -0.4 is 0 Å². The molecule has 0 unspecified atom stereocenters. The lowest BCUT2D eigenvalue weighted by atomic mass is 10.1. The van der Waals surface area contributed by atoms with E-state index in [0.717, 1.165) is 11.1 Å². The molecule has 0 bridgehead atoms. The summed E-state index contributed by atoms with van der Waals surface area (Å²) in [6.07, 6.45) is 1.82. The van der Waals surface area contributed by atoms with E-state index < -0.39 is 25.9 Å². The Morgan fingerprint density at radius 2 is 2.00 bits per heavy atom. The van der Waals surface area contributed by atoms with Crippen LogP contribution in [0.5, 0.6) is 0 Å². The average Bonchev–Trinajstić information content (AvgIpc) is 2.78. The van der Waals surface area contributed by atoms with Crippen LogP contribution >= 0.6 is 0 Å². The van der Waals surface area contributed by atoms with Gasteiger partial charge in [0.05, 0.1) is 16.4 Å². The van der Waals surface area contributed by atoms with Gasteiger partial charge in [-0.1, -0.05) is 12.1 Å². The Morgan fingerprint density at radius 1 is 1.32 bits per heavy atom. The highest BCUT2D eigenvalue weighted by Gasteiger charge is 2.38. The molecule has 1 aromatic carbocycles. The number of aryl methyl sites for hydroxylation is 2. The first-order valence-electron chi connectivity index (χ1n) is 7.08. The topological polar surface area (TPSA) is 71.5 Å². The van der Waals surface area contributed by atoms with E-state index in [4.69, 9.17) is 0 Å². The highest BCUT2D eigenvalue weighted by atomic mass is 32.2. The predicted molar refractivity (Wildman–Crippen MR) is 87.1 cm³/mol. The van der Waals surface area contributed by atoms with Crippen LogP contribution in [0.3, 0.4) is 0 Å². The molecule has 0 aliphatic carbocycles. The average molecular weight is 343 g/mol. The monoisotopic (exact) mass is 343 g/mol. The van der Waals surface area contributed by atoms with Crippen molar-refractivity contribution in [3.8, 4) is 0 Å². The van der Waals surface area contributed by atoms with Crippen molar-refractivity contribution in [2.75, 3.05) is 18.1 Å². The van der Waals surface area contributed by atoms with E-state index in [-0.39, 0.29) is 22.9 Å². The fourth-order valence-corrected chi connectivity index (χ4v) is 6.12. The Bertz CT molecular complexity index is 782. The summed E-state index contributed by atoms with van der Waals surface area (Å²) in [6.45, 7) is 7.46.